The first kappa shape index (κ1) is 10.1. The SMILES string of the molecule is N=C(c1ccc(Cl)cc1)C(F)(F)F. The van der Waals surface area contributed by atoms with Crippen LogP contribution in [-0.4, -0.2) is 11.9 Å². The topological polar surface area (TPSA) is 23.9 Å². The molecule has 5 heteroatoms. The summed E-state index contributed by atoms with van der Waals surface area (Å²) < 4.78 is 35.9. The number of nitrogens with one attached hydrogen (secondary N) is 1. The summed E-state index contributed by atoms with van der Waals surface area (Å²) in [6.07, 6.45) is -4.60. The van der Waals surface area contributed by atoms with E-state index in [4.69, 9.17) is 17.0 Å². The molecule has 0 aromatic heterocycles. The average Bonchev–Trinajstić information content (AvgIpc) is 2.03. The lowest BCUT2D eigenvalue weighted by molar-refractivity contribution is -0.0587. The molecular formula is C8H5ClF3N. The Morgan fingerprint density at radius 1 is 1.15 bits per heavy atom. The van der Waals surface area contributed by atoms with Gasteiger partial charge in [0.2, 0.25) is 0 Å². The second-order valence-corrected chi connectivity index (χ2v) is 2.82. The Kier molecular flexibility index (Phi) is 2.61. The van der Waals surface area contributed by atoms with Crippen LogP contribution in [0.15, 0.2) is 24.3 Å². The third kappa shape index (κ3) is 2.45. The molecule has 1 N–H and O–H groups in total. The van der Waals surface area contributed by atoms with Crippen LogP contribution in [0.2, 0.25) is 5.02 Å². The summed E-state index contributed by atoms with van der Waals surface area (Å²) in [4.78, 5) is 0. The lowest BCUT2D eigenvalue weighted by Crippen LogP contribution is -2.22. The number of rotatable bonds is 1. The molecule has 0 radical (unpaired) electrons. The van der Waals surface area contributed by atoms with Gasteiger partial charge in [0, 0.05) is 10.6 Å². The van der Waals surface area contributed by atoms with E-state index in [2.05, 4.69) is 0 Å². The largest absolute Gasteiger partial charge is 0.433 e. The van der Waals surface area contributed by atoms with Gasteiger partial charge in [0.25, 0.3) is 0 Å². The van der Waals surface area contributed by atoms with Gasteiger partial charge in [0.1, 0.15) is 5.71 Å². The van der Waals surface area contributed by atoms with E-state index in [1.54, 1.807) is 0 Å². The van der Waals surface area contributed by atoms with Gasteiger partial charge in [-0.2, -0.15) is 13.2 Å². The van der Waals surface area contributed by atoms with Gasteiger partial charge in [0.15, 0.2) is 0 Å². The molecule has 0 bridgehead atoms. The van der Waals surface area contributed by atoms with Crippen LogP contribution >= 0.6 is 11.6 Å². The van der Waals surface area contributed by atoms with Crippen LogP contribution in [0, 0.1) is 5.41 Å². The highest BCUT2D eigenvalue weighted by molar-refractivity contribution is 6.30. The van der Waals surface area contributed by atoms with Gasteiger partial charge < -0.3 is 0 Å². The fourth-order valence-electron chi connectivity index (χ4n) is 0.780. The minimum atomic E-state index is -4.60. The first-order valence-electron chi connectivity index (χ1n) is 3.33. The third-order valence-corrected chi connectivity index (χ3v) is 1.67. The summed E-state index contributed by atoms with van der Waals surface area (Å²) in [6.45, 7) is 0. The normalized spacial score (nSPS) is 11.4. The molecule has 0 spiro atoms. The van der Waals surface area contributed by atoms with Gasteiger partial charge in [-0.3, -0.25) is 5.41 Å². The molecular weight excluding hydrogens is 203 g/mol. The molecule has 1 nitrogen and oxygen atoms in total. The van der Waals surface area contributed by atoms with Crippen molar-refractivity contribution in [3.63, 3.8) is 0 Å². The van der Waals surface area contributed by atoms with Crippen molar-refractivity contribution in [2.75, 3.05) is 0 Å². The van der Waals surface area contributed by atoms with Crippen molar-refractivity contribution < 1.29 is 13.2 Å². The van der Waals surface area contributed by atoms with Gasteiger partial charge in [-0.25, -0.2) is 0 Å². The summed E-state index contributed by atoms with van der Waals surface area (Å²) >= 11 is 5.48. The highest BCUT2D eigenvalue weighted by Gasteiger charge is 2.34. The molecule has 0 aliphatic rings. The molecule has 0 saturated carbocycles. The van der Waals surface area contributed by atoms with Crippen molar-refractivity contribution in [2.45, 2.75) is 6.18 Å². The smallest absolute Gasteiger partial charge is 0.296 e. The highest BCUT2D eigenvalue weighted by atomic mass is 35.5. The Balaban J connectivity index is 2.97. The Labute approximate surface area is 77.6 Å². The van der Waals surface area contributed by atoms with Gasteiger partial charge in [-0.05, 0) is 12.1 Å². The summed E-state index contributed by atoms with van der Waals surface area (Å²) in [5, 5.41) is 7.13. The van der Waals surface area contributed by atoms with Crippen LogP contribution in [0.4, 0.5) is 13.2 Å². The van der Waals surface area contributed by atoms with Gasteiger partial charge in [-0.1, -0.05) is 23.7 Å². The molecule has 0 atom stereocenters. The van der Waals surface area contributed by atoms with Crippen molar-refractivity contribution in [1.29, 1.82) is 5.41 Å². The molecule has 1 aromatic carbocycles. The first-order valence-corrected chi connectivity index (χ1v) is 3.71. The molecule has 0 heterocycles. The maximum Gasteiger partial charge on any atom is 0.433 e. The quantitative estimate of drug-likeness (QED) is 0.684. The van der Waals surface area contributed by atoms with Gasteiger partial charge in [0.05, 0.1) is 0 Å². The fourth-order valence-corrected chi connectivity index (χ4v) is 0.906. The van der Waals surface area contributed by atoms with Crippen molar-refractivity contribution >= 4 is 17.3 Å². The highest BCUT2D eigenvalue weighted by Crippen LogP contribution is 2.22. The minimum Gasteiger partial charge on any atom is -0.296 e. The van der Waals surface area contributed by atoms with Crippen molar-refractivity contribution in [3.05, 3.63) is 34.9 Å². The lowest BCUT2D eigenvalue weighted by Gasteiger charge is -2.07. The Hall–Kier alpha value is -1.03. The maximum absolute atomic E-state index is 12.0. The number of alkyl halides is 3. The van der Waals surface area contributed by atoms with E-state index in [0.29, 0.717) is 5.02 Å². The Morgan fingerprint density at radius 2 is 1.62 bits per heavy atom. The van der Waals surface area contributed by atoms with E-state index in [1.807, 2.05) is 0 Å². The van der Waals surface area contributed by atoms with Crippen molar-refractivity contribution in [2.24, 2.45) is 0 Å². The summed E-state index contributed by atoms with van der Waals surface area (Å²) in [6, 6.07) is 4.96. The van der Waals surface area contributed by atoms with Crippen LogP contribution in [0.3, 0.4) is 0 Å². The molecule has 0 aliphatic heterocycles. The van der Waals surface area contributed by atoms with Gasteiger partial charge in [-0.15, -0.1) is 0 Å². The standard InChI is InChI=1S/C8H5ClF3N/c9-6-3-1-5(2-4-6)7(13)8(10,11)12/h1-4,13H. The maximum atomic E-state index is 12.0. The van der Waals surface area contributed by atoms with E-state index in [1.165, 1.54) is 12.1 Å². The van der Waals surface area contributed by atoms with Crippen LogP contribution in [0.1, 0.15) is 5.56 Å². The number of hydrogen-bond acceptors (Lipinski definition) is 1. The summed E-state index contributed by atoms with van der Waals surface area (Å²) in [5.74, 6) is 0. The fraction of sp³-hybridized carbons (Fsp3) is 0.125. The van der Waals surface area contributed by atoms with E-state index in [-0.39, 0.29) is 5.56 Å². The zero-order chi connectivity index (χ0) is 10.1. The van der Waals surface area contributed by atoms with Crippen LogP contribution < -0.4 is 0 Å². The zero-order valence-corrected chi connectivity index (χ0v) is 7.08. The van der Waals surface area contributed by atoms with E-state index in [9.17, 15) is 13.2 Å². The number of benzene rings is 1. The van der Waals surface area contributed by atoms with E-state index < -0.39 is 11.9 Å². The first-order chi connectivity index (χ1) is 5.91. The molecule has 1 rings (SSSR count). The molecule has 0 fully saturated rings. The second-order valence-electron chi connectivity index (χ2n) is 2.38. The second kappa shape index (κ2) is 3.38. The predicted octanol–water partition coefficient (Wildman–Crippen LogP) is 3.27. The summed E-state index contributed by atoms with van der Waals surface area (Å²) in [5.41, 5.74) is -1.54. The molecule has 13 heavy (non-hydrogen) atoms. The van der Waals surface area contributed by atoms with Crippen LogP contribution in [-0.2, 0) is 0 Å². The average molecular weight is 208 g/mol. The number of halogens is 4. The molecule has 70 valence electrons. The Morgan fingerprint density at radius 3 is 2.00 bits per heavy atom. The predicted molar refractivity (Wildman–Crippen MR) is 44.3 cm³/mol. The summed E-state index contributed by atoms with van der Waals surface area (Å²) in [7, 11) is 0. The minimum absolute atomic E-state index is 0.183. The molecule has 0 amide bonds. The van der Waals surface area contributed by atoms with E-state index >= 15 is 0 Å². The third-order valence-electron chi connectivity index (χ3n) is 1.42. The molecule has 1 aromatic rings. The van der Waals surface area contributed by atoms with Gasteiger partial charge >= 0.3 is 6.18 Å². The van der Waals surface area contributed by atoms with Crippen LogP contribution in [0.25, 0.3) is 0 Å². The lowest BCUT2D eigenvalue weighted by atomic mass is 10.1. The van der Waals surface area contributed by atoms with Crippen molar-refractivity contribution in [3.8, 4) is 0 Å². The zero-order valence-electron chi connectivity index (χ0n) is 6.32. The molecule has 0 saturated heterocycles. The molecule has 0 aliphatic carbocycles. The number of hydrogen-bond donors (Lipinski definition) is 1. The monoisotopic (exact) mass is 207 g/mol. The van der Waals surface area contributed by atoms with E-state index in [0.717, 1.165) is 12.1 Å². The Bertz CT molecular complexity index is 315. The molecule has 0 unspecified atom stereocenters. The van der Waals surface area contributed by atoms with Crippen molar-refractivity contribution in [1.82, 2.24) is 0 Å². The van der Waals surface area contributed by atoms with Crippen LogP contribution in [0.5, 0.6) is 0 Å².